The van der Waals surface area contributed by atoms with Crippen LogP contribution in [0.15, 0.2) is 6.33 Å². The molecule has 0 aliphatic heterocycles. The van der Waals surface area contributed by atoms with E-state index in [0.717, 1.165) is 12.8 Å². The average molecular weight is 247 g/mol. The van der Waals surface area contributed by atoms with Crippen LogP contribution in [-0.2, 0) is 4.79 Å². The molecule has 0 aromatic carbocycles. The van der Waals surface area contributed by atoms with E-state index in [2.05, 4.69) is 15.0 Å². The zero-order chi connectivity index (χ0) is 12.7. The van der Waals surface area contributed by atoms with Crippen LogP contribution in [0.1, 0.15) is 25.3 Å². The van der Waals surface area contributed by atoms with E-state index in [9.17, 15) is 4.79 Å². The number of nitrogens with two attached hydrogens (primary N) is 1. The van der Waals surface area contributed by atoms with Crippen molar-refractivity contribution in [1.29, 1.82) is 0 Å². The molecule has 1 fully saturated rings. The molecule has 1 aliphatic rings. The molecule has 1 aliphatic carbocycles. The molecule has 7 nitrogen and oxygen atoms in total. The summed E-state index contributed by atoms with van der Waals surface area (Å²) in [6.45, 7) is 0. The molecule has 1 unspecified atom stereocenters. The zero-order valence-corrected chi connectivity index (χ0v) is 9.96. The molecule has 2 heterocycles. The first kappa shape index (κ1) is 10.9. The van der Waals surface area contributed by atoms with Crippen molar-refractivity contribution >= 4 is 22.9 Å². The Morgan fingerprint density at radius 2 is 2.33 bits per heavy atom. The molecule has 7 heteroatoms. The van der Waals surface area contributed by atoms with Gasteiger partial charge < -0.3 is 15.0 Å². The van der Waals surface area contributed by atoms with E-state index in [0.29, 0.717) is 23.5 Å². The minimum atomic E-state index is -0.186. The number of Topliss-reactive ketones (excluding diaryl/α,β-unsaturated/α-hetero) is 1. The molecule has 2 N–H and O–H groups in total. The largest absolute Gasteiger partial charge is 0.479 e. The first-order valence-electron chi connectivity index (χ1n) is 5.77. The number of hydrogen-bond donors (Lipinski definition) is 1. The molecule has 2 aromatic heterocycles. The fourth-order valence-corrected chi connectivity index (χ4v) is 2.37. The third-order valence-corrected chi connectivity index (χ3v) is 3.21. The summed E-state index contributed by atoms with van der Waals surface area (Å²) in [4.78, 5) is 24.1. The van der Waals surface area contributed by atoms with E-state index < -0.39 is 0 Å². The first-order chi connectivity index (χ1) is 8.70. The van der Waals surface area contributed by atoms with Gasteiger partial charge in [0.1, 0.15) is 0 Å². The summed E-state index contributed by atoms with van der Waals surface area (Å²) < 4.78 is 6.89. The van der Waals surface area contributed by atoms with Gasteiger partial charge in [-0.2, -0.15) is 9.97 Å². The maximum atomic E-state index is 11.8. The van der Waals surface area contributed by atoms with Crippen LogP contribution in [0.25, 0.3) is 11.2 Å². The fourth-order valence-electron chi connectivity index (χ4n) is 2.37. The lowest BCUT2D eigenvalue weighted by atomic mass is 10.2. The normalized spacial score (nSPS) is 19.6. The first-order valence-corrected chi connectivity index (χ1v) is 5.77. The topological polar surface area (TPSA) is 95.9 Å². The van der Waals surface area contributed by atoms with Crippen molar-refractivity contribution in [3.8, 4) is 5.88 Å². The van der Waals surface area contributed by atoms with Gasteiger partial charge in [-0.25, -0.2) is 4.98 Å². The molecule has 0 spiro atoms. The molecule has 1 atom stereocenters. The number of carbonyl (C=O) groups is 1. The zero-order valence-electron chi connectivity index (χ0n) is 9.96. The van der Waals surface area contributed by atoms with Gasteiger partial charge in [0.25, 0.3) is 0 Å². The molecule has 0 radical (unpaired) electrons. The van der Waals surface area contributed by atoms with Gasteiger partial charge in [0.2, 0.25) is 11.8 Å². The molecule has 3 rings (SSSR count). The highest BCUT2D eigenvalue weighted by molar-refractivity contribution is 5.87. The van der Waals surface area contributed by atoms with Gasteiger partial charge in [0.05, 0.1) is 19.5 Å². The molecule has 1 saturated carbocycles. The lowest BCUT2D eigenvalue weighted by Crippen LogP contribution is -2.13. The summed E-state index contributed by atoms with van der Waals surface area (Å²) in [5, 5.41) is 0. The average Bonchev–Trinajstić information content (AvgIpc) is 2.93. The van der Waals surface area contributed by atoms with Crippen LogP contribution in [0.3, 0.4) is 0 Å². The molecule has 0 bridgehead atoms. The predicted octanol–water partition coefficient (Wildman–Crippen LogP) is 0.711. The molecular weight excluding hydrogens is 234 g/mol. The van der Waals surface area contributed by atoms with Crippen LogP contribution in [0.4, 0.5) is 5.95 Å². The summed E-state index contributed by atoms with van der Waals surface area (Å²) >= 11 is 0. The number of anilines is 1. The van der Waals surface area contributed by atoms with E-state index in [1.807, 2.05) is 0 Å². The Hall–Kier alpha value is -2.18. The van der Waals surface area contributed by atoms with E-state index in [-0.39, 0.29) is 17.8 Å². The SMILES string of the molecule is COc1nc(N)nc2c1ncn2C1CCCC1=O. The standard InChI is InChI=1S/C11H13N5O2/c1-18-10-8-9(14-11(12)15-10)16(5-13-8)6-3-2-4-7(6)17/h5-6H,2-4H2,1H3,(H2,12,14,15). The Morgan fingerprint density at radius 3 is 3.00 bits per heavy atom. The van der Waals surface area contributed by atoms with Crippen molar-refractivity contribution in [3.63, 3.8) is 0 Å². The van der Waals surface area contributed by atoms with Gasteiger partial charge in [0, 0.05) is 6.42 Å². The molecule has 94 valence electrons. The van der Waals surface area contributed by atoms with Gasteiger partial charge in [-0.15, -0.1) is 0 Å². The summed E-state index contributed by atoms with van der Waals surface area (Å²) in [6.07, 6.45) is 3.94. The van der Waals surface area contributed by atoms with E-state index in [1.54, 1.807) is 10.9 Å². The van der Waals surface area contributed by atoms with Gasteiger partial charge in [-0.3, -0.25) is 4.79 Å². The number of fused-ring (bicyclic) bond motifs is 1. The lowest BCUT2D eigenvalue weighted by Gasteiger charge is -2.10. The summed E-state index contributed by atoms with van der Waals surface area (Å²) in [5.74, 6) is 0.665. The summed E-state index contributed by atoms with van der Waals surface area (Å²) in [5.41, 5.74) is 6.72. The van der Waals surface area contributed by atoms with Crippen molar-refractivity contribution in [2.24, 2.45) is 0 Å². The Bertz CT molecular complexity index is 621. The van der Waals surface area contributed by atoms with Crippen molar-refractivity contribution < 1.29 is 9.53 Å². The van der Waals surface area contributed by atoms with Crippen LogP contribution in [0, 0.1) is 0 Å². The third kappa shape index (κ3) is 1.51. The van der Waals surface area contributed by atoms with Crippen molar-refractivity contribution in [3.05, 3.63) is 6.33 Å². The number of rotatable bonds is 2. The monoisotopic (exact) mass is 247 g/mol. The number of ketones is 1. The maximum Gasteiger partial charge on any atom is 0.246 e. The molecule has 2 aromatic rings. The van der Waals surface area contributed by atoms with Crippen LogP contribution in [0.5, 0.6) is 5.88 Å². The second-order valence-corrected chi connectivity index (χ2v) is 4.29. The molecule has 0 amide bonds. The van der Waals surface area contributed by atoms with Gasteiger partial charge in [0.15, 0.2) is 16.9 Å². The van der Waals surface area contributed by atoms with Crippen molar-refractivity contribution in [2.75, 3.05) is 12.8 Å². The summed E-state index contributed by atoms with van der Waals surface area (Å²) in [7, 11) is 1.50. The number of nitrogen functional groups attached to an aromatic ring is 1. The molecule has 18 heavy (non-hydrogen) atoms. The molecule has 0 saturated heterocycles. The Morgan fingerprint density at radius 1 is 1.50 bits per heavy atom. The van der Waals surface area contributed by atoms with E-state index >= 15 is 0 Å². The highest BCUT2D eigenvalue weighted by Crippen LogP contribution is 2.30. The minimum Gasteiger partial charge on any atom is -0.479 e. The van der Waals surface area contributed by atoms with Gasteiger partial charge in [-0.05, 0) is 12.8 Å². The van der Waals surface area contributed by atoms with Crippen molar-refractivity contribution in [1.82, 2.24) is 19.5 Å². The number of ether oxygens (including phenoxy) is 1. The number of hydrogen-bond acceptors (Lipinski definition) is 6. The van der Waals surface area contributed by atoms with Crippen LogP contribution < -0.4 is 10.5 Å². The highest BCUT2D eigenvalue weighted by Gasteiger charge is 2.28. The van der Waals surface area contributed by atoms with E-state index in [4.69, 9.17) is 10.5 Å². The second-order valence-electron chi connectivity index (χ2n) is 4.29. The second kappa shape index (κ2) is 3.94. The quantitative estimate of drug-likeness (QED) is 0.839. The smallest absolute Gasteiger partial charge is 0.246 e. The van der Waals surface area contributed by atoms with Gasteiger partial charge in [-0.1, -0.05) is 0 Å². The van der Waals surface area contributed by atoms with Crippen LogP contribution >= 0.6 is 0 Å². The third-order valence-electron chi connectivity index (χ3n) is 3.21. The number of imidazole rings is 1. The van der Waals surface area contributed by atoms with Crippen LogP contribution in [-0.4, -0.2) is 32.4 Å². The lowest BCUT2D eigenvalue weighted by molar-refractivity contribution is -0.120. The van der Waals surface area contributed by atoms with Crippen LogP contribution in [0.2, 0.25) is 0 Å². The van der Waals surface area contributed by atoms with E-state index in [1.165, 1.54) is 7.11 Å². The predicted molar refractivity (Wildman–Crippen MR) is 64.2 cm³/mol. The summed E-state index contributed by atoms with van der Waals surface area (Å²) in [6, 6.07) is -0.186. The number of methoxy groups -OCH3 is 1. The number of carbonyl (C=O) groups excluding carboxylic acids is 1. The van der Waals surface area contributed by atoms with Gasteiger partial charge >= 0.3 is 0 Å². The Balaban J connectivity index is 2.19. The molecular formula is C11H13N5O2. The number of nitrogens with zero attached hydrogens (tertiary/aromatic N) is 4. The minimum absolute atomic E-state index is 0.117. The number of aromatic nitrogens is 4. The Labute approximate surface area is 103 Å². The Kier molecular flexibility index (Phi) is 2.39. The maximum absolute atomic E-state index is 11.8. The van der Waals surface area contributed by atoms with Crippen molar-refractivity contribution in [2.45, 2.75) is 25.3 Å². The fraction of sp³-hybridized carbons (Fsp3) is 0.455. The highest BCUT2D eigenvalue weighted by atomic mass is 16.5.